The first-order valence-electron chi connectivity index (χ1n) is 14.0. The summed E-state index contributed by atoms with van der Waals surface area (Å²) in [6, 6.07) is 13.7. The van der Waals surface area contributed by atoms with E-state index in [1.165, 1.54) is 11.1 Å². The van der Waals surface area contributed by atoms with Crippen LogP contribution in [-0.4, -0.2) is 40.4 Å². The van der Waals surface area contributed by atoms with Gasteiger partial charge < -0.3 is 25.4 Å². The second kappa shape index (κ2) is 9.12. The molecule has 0 unspecified atom stereocenters. The maximum Gasteiger partial charge on any atom is 0.323 e. The molecule has 2 aromatic heterocycles. The van der Waals surface area contributed by atoms with E-state index in [4.69, 9.17) is 5.10 Å². The lowest BCUT2D eigenvalue weighted by Gasteiger charge is -2.22. The molecule has 41 heavy (non-hydrogen) atoms. The molecule has 9 heteroatoms. The molecule has 3 amide bonds. The molecule has 0 fully saturated rings. The lowest BCUT2D eigenvalue weighted by molar-refractivity contribution is 0.0966. The summed E-state index contributed by atoms with van der Waals surface area (Å²) in [6.07, 6.45) is 3.70. The summed E-state index contributed by atoms with van der Waals surface area (Å²) >= 11 is 0. The highest BCUT2D eigenvalue weighted by molar-refractivity contribution is 6.20. The zero-order valence-electron chi connectivity index (χ0n) is 23.9. The lowest BCUT2D eigenvalue weighted by Crippen LogP contribution is -2.19. The van der Waals surface area contributed by atoms with Gasteiger partial charge in [0.25, 0.3) is 5.91 Å². The number of anilines is 3. The van der Waals surface area contributed by atoms with E-state index < -0.39 is 0 Å². The number of aryl methyl sites for hydroxylation is 3. The molecule has 1 aliphatic heterocycles. The van der Waals surface area contributed by atoms with E-state index in [1.807, 2.05) is 73.3 Å². The van der Waals surface area contributed by atoms with Crippen molar-refractivity contribution in [3.63, 3.8) is 0 Å². The van der Waals surface area contributed by atoms with Crippen LogP contribution in [0.1, 0.15) is 47.1 Å². The second-order valence-corrected chi connectivity index (χ2v) is 11.5. The van der Waals surface area contributed by atoms with Crippen molar-refractivity contribution in [2.45, 2.75) is 39.3 Å². The van der Waals surface area contributed by atoms with Crippen LogP contribution in [0.4, 0.5) is 21.9 Å². The summed E-state index contributed by atoms with van der Waals surface area (Å²) < 4.78 is 4.24. The number of carbonyl (C=O) groups excluding carboxylic acids is 2. The van der Waals surface area contributed by atoms with Crippen molar-refractivity contribution < 1.29 is 9.59 Å². The first-order chi connectivity index (χ1) is 19.7. The van der Waals surface area contributed by atoms with E-state index in [-0.39, 0.29) is 18.0 Å². The van der Waals surface area contributed by atoms with Crippen molar-refractivity contribution in [1.29, 1.82) is 0 Å². The number of rotatable bonds is 4. The van der Waals surface area contributed by atoms with Crippen molar-refractivity contribution >= 4 is 50.8 Å². The van der Waals surface area contributed by atoms with Gasteiger partial charge in [-0.05, 0) is 80.3 Å². The molecule has 0 spiro atoms. The fraction of sp³-hybridized carbons (Fsp3) is 0.281. The molecular weight excluding hydrogens is 514 g/mol. The zero-order valence-corrected chi connectivity index (χ0v) is 23.9. The number of hydrogen-bond acceptors (Lipinski definition) is 4. The summed E-state index contributed by atoms with van der Waals surface area (Å²) in [4.78, 5) is 28.3. The molecule has 9 nitrogen and oxygen atoms in total. The van der Waals surface area contributed by atoms with Gasteiger partial charge in [0.1, 0.15) is 0 Å². The predicted octanol–water partition coefficient (Wildman–Crippen LogP) is 5.83. The quantitative estimate of drug-likeness (QED) is 0.264. The Bertz CT molecular complexity index is 1890. The van der Waals surface area contributed by atoms with Gasteiger partial charge in [0, 0.05) is 84.4 Å². The second-order valence-electron chi connectivity index (χ2n) is 11.5. The van der Waals surface area contributed by atoms with Gasteiger partial charge in [-0.2, -0.15) is 5.10 Å². The molecule has 3 heterocycles. The number of hydrogen-bond donors (Lipinski definition) is 3. The fourth-order valence-corrected chi connectivity index (χ4v) is 6.61. The standard InChI is InChI=1S/C32H33N7O2/c1-17(2)39-26-13-8-19(35-32(41)34-18-6-9-20(10-7-18)37(3)4)14-22(26)28-23-15-33-31(40)29(23)27-21(30(28)39)11-12-25-24(27)16-38(5)36-25/h6-10,13-14,16-17H,11-12,15H2,1-5H3,(H,33,40)(H2,34,35,41). The first kappa shape index (κ1) is 25.2. The first-order valence-corrected chi connectivity index (χ1v) is 14.0. The highest BCUT2D eigenvalue weighted by atomic mass is 16.2. The minimum absolute atomic E-state index is 0.0331. The van der Waals surface area contributed by atoms with Gasteiger partial charge in [-0.3, -0.25) is 9.48 Å². The molecule has 7 rings (SSSR count). The van der Waals surface area contributed by atoms with Crippen LogP contribution in [0.2, 0.25) is 0 Å². The molecule has 1 aliphatic carbocycles. The normalized spacial score (nSPS) is 13.8. The molecule has 0 saturated carbocycles. The number of fused-ring (bicyclic) bond motifs is 10. The highest BCUT2D eigenvalue weighted by Gasteiger charge is 2.35. The van der Waals surface area contributed by atoms with Crippen LogP contribution in [0.3, 0.4) is 0 Å². The summed E-state index contributed by atoms with van der Waals surface area (Å²) in [5, 5.41) is 15.9. The SMILES string of the molecule is CC(C)n1c2ccc(NC(=O)Nc3ccc(N(C)C)cc3)cc2c2c3c(c4c(c21)CCc1nn(C)cc1-4)C(=O)NC3. The molecule has 0 bridgehead atoms. The lowest BCUT2D eigenvalue weighted by atomic mass is 9.82. The summed E-state index contributed by atoms with van der Waals surface area (Å²) in [5.41, 5.74) is 10.9. The van der Waals surface area contributed by atoms with Crippen molar-refractivity contribution in [2.75, 3.05) is 29.6 Å². The fourth-order valence-electron chi connectivity index (χ4n) is 6.61. The van der Waals surface area contributed by atoms with Crippen LogP contribution < -0.4 is 20.9 Å². The Hall–Kier alpha value is -4.79. The minimum atomic E-state index is -0.307. The summed E-state index contributed by atoms with van der Waals surface area (Å²) in [7, 11) is 5.90. The number of amides is 3. The van der Waals surface area contributed by atoms with E-state index in [0.29, 0.717) is 12.2 Å². The van der Waals surface area contributed by atoms with E-state index in [2.05, 4.69) is 40.4 Å². The average Bonchev–Trinajstić information content (AvgIpc) is 3.61. The van der Waals surface area contributed by atoms with Crippen LogP contribution in [0, 0.1) is 0 Å². The monoisotopic (exact) mass is 547 g/mol. The summed E-state index contributed by atoms with van der Waals surface area (Å²) in [6.45, 7) is 4.87. The third kappa shape index (κ3) is 3.87. The van der Waals surface area contributed by atoms with Crippen molar-refractivity contribution in [2.24, 2.45) is 7.05 Å². The van der Waals surface area contributed by atoms with Crippen LogP contribution in [0.5, 0.6) is 0 Å². The van der Waals surface area contributed by atoms with E-state index in [0.717, 1.165) is 68.5 Å². The van der Waals surface area contributed by atoms with Gasteiger partial charge in [0.2, 0.25) is 0 Å². The Labute approximate surface area is 238 Å². The van der Waals surface area contributed by atoms with Gasteiger partial charge in [-0.15, -0.1) is 0 Å². The molecule has 0 radical (unpaired) electrons. The molecule has 0 saturated heterocycles. The largest absolute Gasteiger partial charge is 0.378 e. The maximum absolute atomic E-state index is 13.3. The highest BCUT2D eigenvalue weighted by Crippen LogP contribution is 2.47. The Morgan fingerprint density at radius 1 is 1.00 bits per heavy atom. The van der Waals surface area contributed by atoms with E-state index in [9.17, 15) is 9.59 Å². The molecule has 5 aromatic rings. The van der Waals surface area contributed by atoms with Gasteiger partial charge >= 0.3 is 6.03 Å². The van der Waals surface area contributed by atoms with Crippen LogP contribution >= 0.6 is 0 Å². The number of benzene rings is 3. The van der Waals surface area contributed by atoms with Gasteiger partial charge in [-0.25, -0.2) is 4.79 Å². The third-order valence-electron chi connectivity index (χ3n) is 8.30. The van der Waals surface area contributed by atoms with Gasteiger partial charge in [0.15, 0.2) is 0 Å². The number of urea groups is 1. The van der Waals surface area contributed by atoms with Crippen molar-refractivity contribution in [3.8, 4) is 11.1 Å². The maximum atomic E-state index is 13.3. The van der Waals surface area contributed by atoms with Crippen molar-refractivity contribution in [1.82, 2.24) is 19.7 Å². The summed E-state index contributed by atoms with van der Waals surface area (Å²) in [5.74, 6) is -0.0331. The topological polar surface area (TPSA) is 96.2 Å². The Kier molecular flexibility index (Phi) is 5.61. The predicted molar refractivity (Wildman–Crippen MR) is 164 cm³/mol. The molecular formula is C32H33N7O2. The van der Waals surface area contributed by atoms with Crippen LogP contribution in [0.15, 0.2) is 48.7 Å². The van der Waals surface area contributed by atoms with E-state index in [1.54, 1.807) is 0 Å². The third-order valence-corrected chi connectivity index (χ3v) is 8.30. The van der Waals surface area contributed by atoms with Crippen LogP contribution in [0.25, 0.3) is 32.9 Å². The molecule has 208 valence electrons. The van der Waals surface area contributed by atoms with Crippen LogP contribution in [-0.2, 0) is 26.4 Å². The Balaban J connectivity index is 1.37. The average molecular weight is 548 g/mol. The molecule has 3 aromatic carbocycles. The van der Waals surface area contributed by atoms with Gasteiger partial charge in [0.05, 0.1) is 16.8 Å². The molecule has 2 aliphatic rings. The number of nitrogens with zero attached hydrogens (tertiary/aromatic N) is 4. The molecule has 3 N–H and O–H groups in total. The Morgan fingerprint density at radius 3 is 2.46 bits per heavy atom. The van der Waals surface area contributed by atoms with E-state index >= 15 is 0 Å². The Morgan fingerprint density at radius 2 is 1.73 bits per heavy atom. The number of carbonyl (C=O) groups is 2. The molecule has 0 atom stereocenters. The zero-order chi connectivity index (χ0) is 28.6. The van der Waals surface area contributed by atoms with Gasteiger partial charge in [-0.1, -0.05) is 0 Å². The number of aromatic nitrogens is 3. The minimum Gasteiger partial charge on any atom is -0.378 e. The number of nitrogens with one attached hydrogen (secondary N) is 3. The van der Waals surface area contributed by atoms with Crippen molar-refractivity contribution in [3.05, 3.63) is 71.0 Å². The smallest absolute Gasteiger partial charge is 0.323 e.